The van der Waals surface area contributed by atoms with Crippen LogP contribution in [0.5, 0.6) is 0 Å². The highest BCUT2D eigenvalue weighted by molar-refractivity contribution is 6.13. The van der Waals surface area contributed by atoms with Crippen molar-refractivity contribution in [3.63, 3.8) is 0 Å². The number of methoxy groups -OCH3 is 1. The van der Waals surface area contributed by atoms with Gasteiger partial charge in [-0.1, -0.05) is 18.2 Å². The van der Waals surface area contributed by atoms with Gasteiger partial charge in [0.2, 0.25) is 5.90 Å². The lowest BCUT2D eigenvalue weighted by Crippen LogP contribution is -2.06. The lowest BCUT2D eigenvalue weighted by atomic mass is 10.1. The lowest BCUT2D eigenvalue weighted by Gasteiger charge is -2.01. The fourth-order valence-electron chi connectivity index (χ4n) is 2.46. The lowest BCUT2D eigenvalue weighted by molar-refractivity contribution is -0.385. The maximum Gasteiger partial charge on any atom is 0.363 e. The number of aliphatic imine (C=N–C) groups is 1. The summed E-state index contributed by atoms with van der Waals surface area (Å²) in [6.07, 6.45) is 1.50. The molecule has 136 valence electrons. The number of carbonyl (C=O) groups is 2. The maximum atomic E-state index is 12.1. The van der Waals surface area contributed by atoms with Gasteiger partial charge in [-0.3, -0.25) is 10.1 Å². The van der Waals surface area contributed by atoms with E-state index in [2.05, 4.69) is 9.73 Å². The summed E-state index contributed by atoms with van der Waals surface area (Å²) in [7, 11) is 1.29. The molecule has 0 atom stereocenters. The van der Waals surface area contributed by atoms with Gasteiger partial charge in [-0.25, -0.2) is 14.6 Å². The summed E-state index contributed by atoms with van der Waals surface area (Å²) < 4.78 is 9.76. The Bertz CT molecular complexity index is 1010. The van der Waals surface area contributed by atoms with E-state index in [1.165, 1.54) is 19.3 Å². The van der Waals surface area contributed by atoms with Crippen LogP contribution in [-0.4, -0.2) is 29.9 Å². The first-order valence-electron chi connectivity index (χ1n) is 7.85. The summed E-state index contributed by atoms with van der Waals surface area (Å²) >= 11 is 0. The van der Waals surface area contributed by atoms with Crippen LogP contribution in [0, 0.1) is 17.0 Å². The van der Waals surface area contributed by atoms with Crippen molar-refractivity contribution in [1.82, 2.24) is 0 Å². The molecule has 0 aromatic heterocycles. The third-order valence-electron chi connectivity index (χ3n) is 3.91. The van der Waals surface area contributed by atoms with Crippen LogP contribution in [-0.2, 0) is 14.3 Å². The van der Waals surface area contributed by atoms with E-state index in [4.69, 9.17) is 4.74 Å². The summed E-state index contributed by atoms with van der Waals surface area (Å²) in [6.45, 7) is 1.62. The Hall–Kier alpha value is -3.81. The van der Waals surface area contributed by atoms with Gasteiger partial charge in [-0.05, 0) is 36.8 Å². The van der Waals surface area contributed by atoms with E-state index >= 15 is 0 Å². The Morgan fingerprint density at radius 2 is 1.93 bits per heavy atom. The average Bonchev–Trinajstić information content (AvgIpc) is 3.02. The minimum atomic E-state index is -0.662. The van der Waals surface area contributed by atoms with Gasteiger partial charge in [0.05, 0.1) is 17.6 Å². The Kier molecular flexibility index (Phi) is 4.80. The molecule has 0 bridgehead atoms. The highest BCUT2D eigenvalue weighted by Crippen LogP contribution is 2.24. The molecule has 0 aliphatic carbocycles. The third kappa shape index (κ3) is 3.74. The molecule has 2 aromatic rings. The second-order valence-corrected chi connectivity index (χ2v) is 5.71. The first-order chi connectivity index (χ1) is 12.9. The normalized spacial score (nSPS) is 14.7. The molecule has 0 saturated heterocycles. The van der Waals surface area contributed by atoms with Crippen LogP contribution in [0.1, 0.15) is 27.0 Å². The standard InChI is InChI=1S/C19H14N2O6/c1-11-3-6-14(10-16(11)21(24)25)17-20-15(19(23)27-17)9-12-4-7-13(8-5-12)18(22)26-2/h3-10H,1-2H3/b15-9+. The monoisotopic (exact) mass is 366 g/mol. The first kappa shape index (κ1) is 18.0. The van der Waals surface area contributed by atoms with Gasteiger partial charge in [0.15, 0.2) is 5.70 Å². The average molecular weight is 366 g/mol. The molecular weight excluding hydrogens is 352 g/mol. The van der Waals surface area contributed by atoms with Gasteiger partial charge in [-0.15, -0.1) is 0 Å². The Morgan fingerprint density at radius 3 is 2.56 bits per heavy atom. The van der Waals surface area contributed by atoms with Crippen LogP contribution in [0.2, 0.25) is 0 Å². The predicted molar refractivity (Wildman–Crippen MR) is 96.2 cm³/mol. The maximum absolute atomic E-state index is 12.1. The molecule has 0 saturated carbocycles. The van der Waals surface area contributed by atoms with Gasteiger partial charge in [0, 0.05) is 17.2 Å². The molecule has 3 rings (SSSR count). The Balaban J connectivity index is 1.90. The molecule has 2 aromatic carbocycles. The van der Waals surface area contributed by atoms with E-state index in [1.54, 1.807) is 43.3 Å². The number of esters is 2. The molecule has 8 heteroatoms. The number of carbonyl (C=O) groups excluding carboxylic acids is 2. The van der Waals surface area contributed by atoms with Crippen molar-refractivity contribution in [1.29, 1.82) is 0 Å². The molecule has 0 spiro atoms. The quantitative estimate of drug-likeness (QED) is 0.356. The number of nitrogens with zero attached hydrogens (tertiary/aromatic N) is 2. The van der Waals surface area contributed by atoms with Gasteiger partial charge in [0.25, 0.3) is 5.69 Å². The van der Waals surface area contributed by atoms with Crippen LogP contribution in [0.3, 0.4) is 0 Å². The van der Waals surface area contributed by atoms with E-state index in [0.717, 1.165) is 0 Å². The van der Waals surface area contributed by atoms with Crippen LogP contribution < -0.4 is 0 Å². The summed E-state index contributed by atoms with van der Waals surface area (Å²) in [5, 5.41) is 11.1. The summed E-state index contributed by atoms with van der Waals surface area (Å²) in [5.74, 6) is -1.12. The molecule has 0 radical (unpaired) electrons. The molecule has 8 nitrogen and oxygen atoms in total. The van der Waals surface area contributed by atoms with Crippen molar-refractivity contribution < 1.29 is 24.0 Å². The minimum absolute atomic E-state index is 0.000492. The van der Waals surface area contributed by atoms with Crippen molar-refractivity contribution in [3.8, 4) is 0 Å². The van der Waals surface area contributed by atoms with Crippen molar-refractivity contribution in [2.75, 3.05) is 7.11 Å². The molecule has 0 fully saturated rings. The number of rotatable bonds is 4. The Morgan fingerprint density at radius 1 is 1.22 bits per heavy atom. The number of hydrogen-bond acceptors (Lipinski definition) is 7. The predicted octanol–water partition coefficient (Wildman–Crippen LogP) is 3.03. The number of cyclic esters (lactones) is 1. The Labute approximate surface area is 153 Å². The fraction of sp³-hybridized carbons (Fsp3) is 0.105. The number of aryl methyl sites for hydroxylation is 1. The SMILES string of the molecule is COC(=O)c1ccc(/C=C2/N=C(c3ccc(C)c([N+](=O)[O-])c3)OC2=O)cc1. The van der Waals surface area contributed by atoms with Crippen molar-refractivity contribution in [3.05, 3.63) is 80.5 Å². The van der Waals surface area contributed by atoms with E-state index in [9.17, 15) is 19.7 Å². The summed E-state index contributed by atoms with van der Waals surface area (Å²) in [5.41, 5.74) is 1.82. The zero-order valence-corrected chi connectivity index (χ0v) is 14.5. The van der Waals surface area contributed by atoms with Crippen molar-refractivity contribution in [2.24, 2.45) is 4.99 Å². The zero-order chi connectivity index (χ0) is 19.6. The van der Waals surface area contributed by atoms with Gasteiger partial charge >= 0.3 is 11.9 Å². The molecule has 27 heavy (non-hydrogen) atoms. The minimum Gasteiger partial charge on any atom is -0.465 e. The highest BCUT2D eigenvalue weighted by atomic mass is 16.6. The molecular formula is C19H14N2O6. The molecule has 0 amide bonds. The van der Waals surface area contributed by atoms with Crippen LogP contribution in [0.15, 0.2) is 53.2 Å². The zero-order valence-electron chi connectivity index (χ0n) is 14.5. The van der Waals surface area contributed by atoms with Crippen molar-refractivity contribution in [2.45, 2.75) is 6.92 Å². The van der Waals surface area contributed by atoms with E-state index < -0.39 is 16.9 Å². The molecule has 0 unspecified atom stereocenters. The number of benzene rings is 2. The summed E-state index contributed by atoms with van der Waals surface area (Å²) in [6, 6.07) is 10.9. The fourth-order valence-corrected chi connectivity index (χ4v) is 2.46. The number of ether oxygens (including phenoxy) is 2. The largest absolute Gasteiger partial charge is 0.465 e. The number of nitro groups is 1. The first-order valence-corrected chi connectivity index (χ1v) is 7.85. The van der Waals surface area contributed by atoms with Gasteiger partial charge in [-0.2, -0.15) is 0 Å². The van der Waals surface area contributed by atoms with E-state index in [-0.39, 0.29) is 17.3 Å². The van der Waals surface area contributed by atoms with Gasteiger partial charge in [0.1, 0.15) is 0 Å². The van der Waals surface area contributed by atoms with Crippen LogP contribution >= 0.6 is 0 Å². The number of hydrogen-bond donors (Lipinski definition) is 0. The van der Waals surface area contributed by atoms with E-state index in [1.807, 2.05) is 0 Å². The van der Waals surface area contributed by atoms with Gasteiger partial charge < -0.3 is 9.47 Å². The van der Waals surface area contributed by atoms with Crippen LogP contribution in [0.25, 0.3) is 6.08 Å². The second kappa shape index (κ2) is 7.20. The molecule has 1 heterocycles. The summed E-state index contributed by atoms with van der Waals surface area (Å²) in [4.78, 5) is 38.2. The number of nitro benzene ring substituents is 1. The molecule has 0 N–H and O–H groups in total. The van der Waals surface area contributed by atoms with Crippen molar-refractivity contribution >= 4 is 29.6 Å². The smallest absolute Gasteiger partial charge is 0.363 e. The third-order valence-corrected chi connectivity index (χ3v) is 3.91. The van der Waals surface area contributed by atoms with Crippen LogP contribution in [0.4, 0.5) is 5.69 Å². The molecule has 1 aliphatic heterocycles. The van der Waals surface area contributed by atoms with E-state index in [0.29, 0.717) is 22.3 Å². The topological polar surface area (TPSA) is 108 Å². The second-order valence-electron chi connectivity index (χ2n) is 5.71. The highest BCUT2D eigenvalue weighted by Gasteiger charge is 2.25. The molecule has 1 aliphatic rings.